The molecule has 0 atom stereocenters. The Hall–Kier alpha value is -2.62. The zero-order chi connectivity index (χ0) is 16.0. The molecule has 1 saturated carbocycles. The lowest BCUT2D eigenvalue weighted by atomic mass is 9.99. The summed E-state index contributed by atoms with van der Waals surface area (Å²) in [5.74, 6) is 0.858. The lowest BCUT2D eigenvalue weighted by molar-refractivity contribution is 0.101. The number of ketones is 1. The Morgan fingerprint density at radius 1 is 1.26 bits per heavy atom. The molecule has 4 nitrogen and oxygen atoms in total. The van der Waals surface area contributed by atoms with Crippen LogP contribution in [0.5, 0.6) is 5.75 Å². The van der Waals surface area contributed by atoms with Crippen LogP contribution < -0.4 is 4.74 Å². The normalized spacial score (nSPS) is 14.2. The summed E-state index contributed by atoms with van der Waals surface area (Å²) in [5.41, 5.74) is 3.71. The topological polar surface area (TPSA) is 44.1 Å². The van der Waals surface area contributed by atoms with Crippen LogP contribution in [0.3, 0.4) is 0 Å². The van der Waals surface area contributed by atoms with Gasteiger partial charge in [0, 0.05) is 17.1 Å². The Bertz CT molecular complexity index is 907. The monoisotopic (exact) mass is 306 g/mol. The number of aromatic nitrogens is 2. The third-order valence-electron chi connectivity index (χ3n) is 4.38. The van der Waals surface area contributed by atoms with Gasteiger partial charge in [0.2, 0.25) is 0 Å². The van der Waals surface area contributed by atoms with Crippen LogP contribution in [0.25, 0.3) is 22.0 Å². The van der Waals surface area contributed by atoms with Gasteiger partial charge in [-0.15, -0.1) is 0 Å². The molecule has 0 spiro atoms. The van der Waals surface area contributed by atoms with Gasteiger partial charge in [-0.2, -0.15) is 5.10 Å². The van der Waals surface area contributed by atoms with Crippen molar-refractivity contribution >= 4 is 16.7 Å². The van der Waals surface area contributed by atoms with Gasteiger partial charge in [-0.3, -0.25) is 9.48 Å². The molecule has 23 heavy (non-hydrogen) atoms. The predicted molar refractivity (Wildman–Crippen MR) is 90.0 cm³/mol. The standard InChI is InChI=1S/C19H18N2O2/c1-12(22)13-4-3-5-14(10-13)16-8-9-18(23-2)19-17(16)11-21(20-19)15-6-7-15/h3-5,8-11,15H,6-7H2,1-2H3. The minimum Gasteiger partial charge on any atom is -0.494 e. The van der Waals surface area contributed by atoms with E-state index >= 15 is 0 Å². The van der Waals surface area contributed by atoms with Crippen molar-refractivity contribution in [2.75, 3.05) is 7.11 Å². The molecule has 1 fully saturated rings. The third kappa shape index (κ3) is 2.40. The molecule has 1 aliphatic rings. The first-order valence-corrected chi connectivity index (χ1v) is 7.84. The second-order valence-electron chi connectivity index (χ2n) is 6.05. The van der Waals surface area contributed by atoms with E-state index in [1.807, 2.05) is 41.1 Å². The number of carbonyl (C=O) groups is 1. The molecule has 0 bridgehead atoms. The van der Waals surface area contributed by atoms with Gasteiger partial charge in [-0.1, -0.05) is 18.2 Å². The van der Waals surface area contributed by atoms with Gasteiger partial charge in [0.1, 0.15) is 11.3 Å². The molecule has 0 aliphatic heterocycles. The van der Waals surface area contributed by atoms with Gasteiger partial charge < -0.3 is 4.74 Å². The largest absolute Gasteiger partial charge is 0.494 e. The Morgan fingerprint density at radius 2 is 2.09 bits per heavy atom. The van der Waals surface area contributed by atoms with Crippen molar-refractivity contribution < 1.29 is 9.53 Å². The van der Waals surface area contributed by atoms with E-state index in [0.29, 0.717) is 6.04 Å². The maximum atomic E-state index is 11.7. The summed E-state index contributed by atoms with van der Waals surface area (Å²) in [5, 5.41) is 5.78. The fourth-order valence-corrected chi connectivity index (χ4v) is 2.95. The molecule has 116 valence electrons. The number of methoxy groups -OCH3 is 1. The Morgan fingerprint density at radius 3 is 2.78 bits per heavy atom. The van der Waals surface area contributed by atoms with Gasteiger partial charge in [0.25, 0.3) is 0 Å². The molecule has 3 aromatic rings. The van der Waals surface area contributed by atoms with E-state index in [9.17, 15) is 4.79 Å². The fourth-order valence-electron chi connectivity index (χ4n) is 2.95. The highest BCUT2D eigenvalue weighted by molar-refractivity contribution is 6.00. The lowest BCUT2D eigenvalue weighted by Crippen LogP contribution is -1.93. The molecule has 1 aromatic heterocycles. The van der Waals surface area contributed by atoms with E-state index in [0.717, 1.165) is 33.3 Å². The summed E-state index contributed by atoms with van der Waals surface area (Å²) in [7, 11) is 1.67. The van der Waals surface area contributed by atoms with E-state index in [4.69, 9.17) is 9.84 Å². The molecule has 2 aromatic carbocycles. The molecule has 0 unspecified atom stereocenters. The van der Waals surface area contributed by atoms with Crippen LogP contribution in [0.4, 0.5) is 0 Å². The number of fused-ring (bicyclic) bond motifs is 1. The summed E-state index contributed by atoms with van der Waals surface area (Å²) in [6.45, 7) is 1.59. The molecule has 0 amide bonds. The molecule has 0 radical (unpaired) electrons. The Labute approximate surface area is 134 Å². The van der Waals surface area contributed by atoms with Crippen LogP contribution in [0.15, 0.2) is 42.6 Å². The molecular weight excluding hydrogens is 288 g/mol. The highest BCUT2D eigenvalue weighted by atomic mass is 16.5. The van der Waals surface area contributed by atoms with Crippen LogP contribution in [-0.2, 0) is 0 Å². The van der Waals surface area contributed by atoms with Gasteiger partial charge in [-0.25, -0.2) is 0 Å². The number of hydrogen-bond donors (Lipinski definition) is 0. The van der Waals surface area contributed by atoms with E-state index in [-0.39, 0.29) is 5.78 Å². The molecule has 4 heteroatoms. The minimum atomic E-state index is 0.0743. The van der Waals surface area contributed by atoms with Gasteiger partial charge in [-0.05, 0) is 49.1 Å². The quantitative estimate of drug-likeness (QED) is 0.677. The van der Waals surface area contributed by atoms with E-state index in [1.165, 1.54) is 12.8 Å². The summed E-state index contributed by atoms with van der Waals surface area (Å²) >= 11 is 0. The van der Waals surface area contributed by atoms with Crippen molar-refractivity contribution in [3.05, 3.63) is 48.2 Å². The van der Waals surface area contributed by atoms with Crippen molar-refractivity contribution in [2.24, 2.45) is 0 Å². The molecule has 4 rings (SSSR count). The van der Waals surface area contributed by atoms with Gasteiger partial charge >= 0.3 is 0 Å². The average Bonchev–Trinajstić information content (AvgIpc) is 3.32. The van der Waals surface area contributed by atoms with E-state index in [1.54, 1.807) is 14.0 Å². The number of Topliss-reactive ketones (excluding diaryl/α,β-unsaturated/α-hetero) is 1. The number of hydrogen-bond acceptors (Lipinski definition) is 3. The van der Waals surface area contributed by atoms with E-state index < -0.39 is 0 Å². The fraction of sp³-hybridized carbons (Fsp3) is 0.263. The van der Waals surface area contributed by atoms with Gasteiger partial charge in [0.15, 0.2) is 5.78 Å². The molecule has 0 saturated heterocycles. The average molecular weight is 306 g/mol. The minimum absolute atomic E-state index is 0.0743. The van der Waals surface area contributed by atoms with Crippen molar-refractivity contribution in [2.45, 2.75) is 25.8 Å². The molecule has 0 N–H and O–H groups in total. The zero-order valence-electron chi connectivity index (χ0n) is 13.2. The molecule has 1 aliphatic carbocycles. The zero-order valence-corrected chi connectivity index (χ0v) is 13.2. The maximum absolute atomic E-state index is 11.7. The smallest absolute Gasteiger partial charge is 0.159 e. The molecular formula is C19H18N2O2. The van der Waals surface area contributed by atoms with Crippen LogP contribution in [0, 0.1) is 0 Å². The lowest BCUT2D eigenvalue weighted by Gasteiger charge is -2.07. The SMILES string of the molecule is COc1ccc(-c2cccc(C(C)=O)c2)c2cn(C3CC3)nc12. The first-order valence-electron chi connectivity index (χ1n) is 7.84. The number of benzene rings is 2. The predicted octanol–water partition coefficient (Wildman–Crippen LogP) is 4.25. The summed E-state index contributed by atoms with van der Waals surface area (Å²) in [6.07, 6.45) is 4.47. The number of rotatable bonds is 4. The third-order valence-corrected chi connectivity index (χ3v) is 4.38. The second-order valence-corrected chi connectivity index (χ2v) is 6.05. The molecule has 1 heterocycles. The van der Waals surface area contributed by atoms with Crippen LogP contribution in [0.2, 0.25) is 0 Å². The highest BCUT2D eigenvalue weighted by Gasteiger charge is 2.26. The van der Waals surface area contributed by atoms with Crippen molar-refractivity contribution in [3.8, 4) is 16.9 Å². The van der Waals surface area contributed by atoms with Crippen molar-refractivity contribution in [1.29, 1.82) is 0 Å². The van der Waals surface area contributed by atoms with Crippen LogP contribution >= 0.6 is 0 Å². The second kappa shape index (κ2) is 5.23. The first-order chi connectivity index (χ1) is 11.2. The summed E-state index contributed by atoms with van der Waals surface area (Å²) < 4.78 is 7.51. The number of ether oxygens (including phenoxy) is 1. The highest BCUT2D eigenvalue weighted by Crippen LogP contribution is 2.39. The number of nitrogens with zero attached hydrogens (tertiary/aromatic N) is 2. The van der Waals surface area contributed by atoms with Crippen LogP contribution in [-0.4, -0.2) is 22.7 Å². The summed E-state index contributed by atoms with van der Waals surface area (Å²) in [4.78, 5) is 11.7. The maximum Gasteiger partial charge on any atom is 0.159 e. The Kier molecular flexibility index (Phi) is 3.18. The first kappa shape index (κ1) is 14.0. The van der Waals surface area contributed by atoms with Crippen LogP contribution in [0.1, 0.15) is 36.2 Å². The summed E-state index contributed by atoms with van der Waals surface area (Å²) in [6, 6.07) is 12.2. The van der Waals surface area contributed by atoms with Crippen molar-refractivity contribution in [3.63, 3.8) is 0 Å². The van der Waals surface area contributed by atoms with Crippen molar-refractivity contribution in [1.82, 2.24) is 9.78 Å². The van der Waals surface area contributed by atoms with Gasteiger partial charge in [0.05, 0.1) is 13.2 Å². The number of carbonyl (C=O) groups excluding carboxylic acids is 1. The van der Waals surface area contributed by atoms with E-state index in [2.05, 4.69) is 6.20 Å². The Balaban J connectivity index is 1.92.